The summed E-state index contributed by atoms with van der Waals surface area (Å²) >= 11 is 2.12. The molecule has 0 aliphatic rings. The number of aromatic nitrogens is 1. The number of carbonyl (C=O) groups is 1. The van der Waals surface area contributed by atoms with Crippen LogP contribution >= 0.6 is 22.6 Å². The van der Waals surface area contributed by atoms with Gasteiger partial charge in [0.05, 0.1) is 0 Å². The number of alkyl halides is 1. The first kappa shape index (κ1) is 11.0. The predicted molar refractivity (Wildman–Crippen MR) is 58.7 cm³/mol. The number of halogens is 1. The standard InChI is InChI=1S/C7H8IN3O3/c8-3-4-9-7(12)5-1-2-6(10-5)11(13)14/h1-2,10H,3-4H2,(H,9,12). The van der Waals surface area contributed by atoms with E-state index in [1.807, 2.05) is 0 Å². The van der Waals surface area contributed by atoms with E-state index in [2.05, 4.69) is 32.9 Å². The van der Waals surface area contributed by atoms with E-state index < -0.39 is 4.92 Å². The van der Waals surface area contributed by atoms with Gasteiger partial charge in [-0.25, -0.2) is 4.98 Å². The van der Waals surface area contributed by atoms with Crippen molar-refractivity contribution in [2.45, 2.75) is 0 Å². The highest BCUT2D eigenvalue weighted by molar-refractivity contribution is 14.1. The molecule has 0 aliphatic heterocycles. The lowest BCUT2D eigenvalue weighted by molar-refractivity contribution is -0.389. The fraction of sp³-hybridized carbons (Fsp3) is 0.286. The van der Waals surface area contributed by atoms with Crippen molar-refractivity contribution in [3.63, 3.8) is 0 Å². The summed E-state index contributed by atoms with van der Waals surface area (Å²) in [7, 11) is 0. The fourth-order valence-corrected chi connectivity index (χ4v) is 1.15. The van der Waals surface area contributed by atoms with Crippen molar-refractivity contribution in [3.05, 3.63) is 27.9 Å². The molecule has 0 saturated carbocycles. The Kier molecular flexibility index (Phi) is 3.86. The maximum Gasteiger partial charge on any atom is 0.321 e. The topological polar surface area (TPSA) is 88.0 Å². The molecule has 0 aliphatic carbocycles. The van der Waals surface area contributed by atoms with Crippen LogP contribution in [0.25, 0.3) is 0 Å². The van der Waals surface area contributed by atoms with Crippen LogP contribution in [0.1, 0.15) is 10.5 Å². The van der Waals surface area contributed by atoms with Crippen molar-refractivity contribution in [3.8, 4) is 0 Å². The minimum absolute atomic E-state index is 0.176. The van der Waals surface area contributed by atoms with Crippen LogP contribution in [0, 0.1) is 10.1 Å². The Morgan fingerprint density at radius 2 is 2.36 bits per heavy atom. The molecule has 1 aromatic rings. The van der Waals surface area contributed by atoms with Gasteiger partial charge in [-0.3, -0.25) is 4.79 Å². The van der Waals surface area contributed by atoms with Crippen LogP contribution < -0.4 is 5.32 Å². The van der Waals surface area contributed by atoms with Crippen molar-refractivity contribution in [1.29, 1.82) is 0 Å². The van der Waals surface area contributed by atoms with Gasteiger partial charge >= 0.3 is 5.82 Å². The third-order valence-electron chi connectivity index (χ3n) is 1.49. The van der Waals surface area contributed by atoms with Gasteiger partial charge in [0, 0.05) is 17.0 Å². The molecule has 0 saturated heterocycles. The van der Waals surface area contributed by atoms with E-state index in [4.69, 9.17) is 0 Å². The first-order chi connectivity index (χ1) is 6.65. The summed E-state index contributed by atoms with van der Waals surface area (Å²) in [6.45, 7) is 0.548. The number of hydrogen-bond acceptors (Lipinski definition) is 3. The number of aromatic amines is 1. The average Bonchev–Trinajstić information content (AvgIpc) is 2.62. The van der Waals surface area contributed by atoms with Gasteiger partial charge in [-0.2, -0.15) is 0 Å². The van der Waals surface area contributed by atoms with E-state index in [9.17, 15) is 14.9 Å². The van der Waals surface area contributed by atoms with Gasteiger partial charge in [0.2, 0.25) is 0 Å². The average molecular weight is 309 g/mol. The second-order valence-corrected chi connectivity index (χ2v) is 3.54. The Hall–Kier alpha value is -1.12. The Morgan fingerprint density at radius 3 is 2.86 bits per heavy atom. The SMILES string of the molecule is O=C(NCCI)c1ccc([N+](=O)[O-])[nH]1. The summed E-state index contributed by atoms with van der Waals surface area (Å²) < 4.78 is 0.798. The van der Waals surface area contributed by atoms with E-state index >= 15 is 0 Å². The molecule has 1 aromatic heterocycles. The molecule has 0 bridgehead atoms. The highest BCUT2D eigenvalue weighted by atomic mass is 127. The predicted octanol–water partition coefficient (Wildman–Crippen LogP) is 1.09. The molecule has 6 nitrogen and oxygen atoms in total. The number of amides is 1. The van der Waals surface area contributed by atoms with E-state index in [0.29, 0.717) is 6.54 Å². The second kappa shape index (κ2) is 4.94. The van der Waals surface area contributed by atoms with E-state index in [0.717, 1.165) is 4.43 Å². The molecule has 1 amide bonds. The number of rotatable bonds is 4. The molecule has 0 atom stereocenters. The van der Waals surface area contributed by atoms with E-state index in [1.54, 1.807) is 0 Å². The monoisotopic (exact) mass is 309 g/mol. The van der Waals surface area contributed by atoms with Gasteiger partial charge in [-0.15, -0.1) is 0 Å². The zero-order valence-corrected chi connectivity index (χ0v) is 9.28. The van der Waals surface area contributed by atoms with Gasteiger partial charge in [0.25, 0.3) is 5.91 Å². The quantitative estimate of drug-likeness (QED) is 0.378. The Morgan fingerprint density at radius 1 is 1.64 bits per heavy atom. The Labute approximate surface area is 93.4 Å². The minimum Gasteiger partial charge on any atom is -0.358 e. The molecule has 14 heavy (non-hydrogen) atoms. The van der Waals surface area contributed by atoms with Crippen LogP contribution in [0.3, 0.4) is 0 Å². The molecule has 1 rings (SSSR count). The molecule has 0 aromatic carbocycles. The van der Waals surface area contributed by atoms with Crippen LogP contribution in [-0.4, -0.2) is 26.8 Å². The van der Waals surface area contributed by atoms with Gasteiger partial charge < -0.3 is 15.4 Å². The van der Waals surface area contributed by atoms with E-state index in [1.165, 1.54) is 12.1 Å². The van der Waals surface area contributed by atoms with Crippen LogP contribution in [0.2, 0.25) is 0 Å². The molecule has 0 fully saturated rings. The van der Waals surface area contributed by atoms with Crippen LogP contribution in [-0.2, 0) is 0 Å². The van der Waals surface area contributed by atoms with Gasteiger partial charge in [0.1, 0.15) is 0 Å². The maximum absolute atomic E-state index is 11.3. The summed E-state index contributed by atoms with van der Waals surface area (Å²) in [6, 6.07) is 2.65. The lowest BCUT2D eigenvalue weighted by Crippen LogP contribution is -2.25. The second-order valence-electron chi connectivity index (χ2n) is 2.46. The summed E-state index contributed by atoms with van der Waals surface area (Å²) in [5, 5.41) is 12.9. The smallest absolute Gasteiger partial charge is 0.321 e. The van der Waals surface area contributed by atoms with Crippen LogP contribution in [0.4, 0.5) is 5.82 Å². The summed E-state index contributed by atoms with van der Waals surface area (Å²) in [5.41, 5.74) is 0.210. The summed E-state index contributed by atoms with van der Waals surface area (Å²) in [5.74, 6) is -0.501. The van der Waals surface area contributed by atoms with Crippen molar-refractivity contribution in [2.24, 2.45) is 0 Å². The van der Waals surface area contributed by atoms with Crippen LogP contribution in [0.15, 0.2) is 12.1 Å². The first-order valence-electron chi connectivity index (χ1n) is 3.82. The molecule has 0 unspecified atom stereocenters. The summed E-state index contributed by atoms with van der Waals surface area (Å²) in [6.07, 6.45) is 0. The largest absolute Gasteiger partial charge is 0.358 e. The van der Waals surface area contributed by atoms with Crippen molar-refractivity contribution >= 4 is 34.3 Å². The maximum atomic E-state index is 11.3. The zero-order chi connectivity index (χ0) is 10.6. The molecule has 1 heterocycles. The minimum atomic E-state index is -0.574. The van der Waals surface area contributed by atoms with Gasteiger partial charge in [0.15, 0.2) is 5.69 Å². The highest BCUT2D eigenvalue weighted by Gasteiger charge is 2.14. The third kappa shape index (κ3) is 2.69. The number of nitro groups is 1. The van der Waals surface area contributed by atoms with Gasteiger partial charge in [-0.1, -0.05) is 22.6 Å². The highest BCUT2D eigenvalue weighted by Crippen LogP contribution is 2.09. The number of H-pyrrole nitrogens is 1. The first-order valence-corrected chi connectivity index (χ1v) is 5.35. The molecule has 7 heteroatoms. The fourth-order valence-electron chi connectivity index (χ4n) is 0.879. The molecule has 2 N–H and O–H groups in total. The number of carbonyl (C=O) groups excluding carboxylic acids is 1. The molecule has 0 radical (unpaired) electrons. The van der Waals surface area contributed by atoms with Crippen molar-refractivity contribution in [2.75, 3.05) is 11.0 Å². The third-order valence-corrected chi connectivity index (χ3v) is 2.03. The van der Waals surface area contributed by atoms with Gasteiger partial charge in [-0.05, 0) is 11.0 Å². The zero-order valence-electron chi connectivity index (χ0n) is 7.12. The normalized spacial score (nSPS) is 9.79. The molecular weight excluding hydrogens is 301 g/mol. The van der Waals surface area contributed by atoms with Crippen LogP contribution in [0.5, 0.6) is 0 Å². The number of nitrogens with one attached hydrogen (secondary N) is 2. The Bertz CT molecular complexity index is 350. The Balaban J connectivity index is 2.66. The van der Waals surface area contributed by atoms with E-state index in [-0.39, 0.29) is 17.4 Å². The lowest BCUT2D eigenvalue weighted by Gasteiger charge is -1.97. The summed E-state index contributed by atoms with van der Waals surface area (Å²) in [4.78, 5) is 23.4. The molecule has 0 spiro atoms. The van der Waals surface area contributed by atoms with Crippen molar-refractivity contribution in [1.82, 2.24) is 10.3 Å². The lowest BCUT2D eigenvalue weighted by atomic mass is 10.4. The number of hydrogen-bond donors (Lipinski definition) is 2. The molecular formula is C7H8IN3O3. The number of nitrogens with zero attached hydrogens (tertiary/aromatic N) is 1. The van der Waals surface area contributed by atoms with Crippen molar-refractivity contribution < 1.29 is 9.72 Å². The molecule has 76 valence electrons.